The molecule has 3 rings (SSSR count). The lowest BCUT2D eigenvalue weighted by molar-refractivity contribution is 0.109. The fraction of sp³-hybridized carbons (Fsp3) is 0.375. The molecule has 0 radical (unpaired) electrons. The van der Waals surface area contributed by atoms with Crippen LogP contribution in [0.3, 0.4) is 0 Å². The second-order valence-electron chi connectivity index (χ2n) is 5.01. The van der Waals surface area contributed by atoms with Crippen LogP contribution in [0.5, 0.6) is 0 Å². The summed E-state index contributed by atoms with van der Waals surface area (Å²) in [6.07, 6.45) is 2.67. The van der Waals surface area contributed by atoms with Crippen LogP contribution in [0, 0.1) is 0 Å². The molecule has 106 valence electrons. The normalized spacial score (nSPS) is 18.6. The molecule has 2 aromatic rings. The van der Waals surface area contributed by atoms with Gasteiger partial charge in [0.25, 0.3) is 0 Å². The molecule has 1 saturated heterocycles. The van der Waals surface area contributed by atoms with Crippen molar-refractivity contribution in [2.45, 2.75) is 25.5 Å². The zero-order chi connectivity index (χ0) is 13.8. The first-order chi connectivity index (χ1) is 9.83. The Morgan fingerprint density at radius 1 is 1.20 bits per heavy atom. The minimum absolute atomic E-state index is 0.355. The van der Waals surface area contributed by atoms with Crippen LogP contribution in [0.1, 0.15) is 18.6 Å². The Hall–Kier alpha value is -1.29. The first kappa shape index (κ1) is 13.7. The monoisotopic (exact) mass is 291 g/mol. The molecule has 0 spiro atoms. The Kier molecular flexibility index (Phi) is 4.41. The molecular formula is C16H18ClNO2. The quantitative estimate of drug-likeness (QED) is 0.908. The van der Waals surface area contributed by atoms with Crippen molar-refractivity contribution in [1.82, 2.24) is 5.32 Å². The van der Waals surface area contributed by atoms with Gasteiger partial charge in [-0.25, -0.2) is 0 Å². The van der Waals surface area contributed by atoms with E-state index in [1.807, 2.05) is 36.4 Å². The third kappa shape index (κ3) is 3.23. The van der Waals surface area contributed by atoms with Gasteiger partial charge in [0.1, 0.15) is 11.5 Å². The Bertz CT molecular complexity index is 561. The van der Waals surface area contributed by atoms with E-state index in [4.69, 9.17) is 20.8 Å². The summed E-state index contributed by atoms with van der Waals surface area (Å²) in [5.74, 6) is 1.72. The van der Waals surface area contributed by atoms with Gasteiger partial charge in [-0.1, -0.05) is 23.7 Å². The number of hydrogen-bond acceptors (Lipinski definition) is 3. The number of benzene rings is 1. The first-order valence-corrected chi connectivity index (χ1v) is 7.36. The second kappa shape index (κ2) is 6.44. The number of ether oxygens (including phenoxy) is 1. The smallest absolute Gasteiger partial charge is 0.135 e. The van der Waals surface area contributed by atoms with Gasteiger partial charge in [-0.2, -0.15) is 0 Å². The number of rotatable bonds is 5. The standard InChI is InChI=1S/C16H18ClNO2/c17-15-6-2-1-5-14(15)16-8-7-13(20-16)11-18-10-12-4-3-9-19-12/h1-2,5-8,12,18H,3-4,9-11H2/t12-/m1/s1. The van der Waals surface area contributed by atoms with Crippen molar-refractivity contribution < 1.29 is 9.15 Å². The van der Waals surface area contributed by atoms with E-state index >= 15 is 0 Å². The fourth-order valence-electron chi connectivity index (χ4n) is 2.44. The van der Waals surface area contributed by atoms with Gasteiger partial charge < -0.3 is 14.5 Å². The SMILES string of the molecule is Clc1ccccc1-c1ccc(CNC[C@H]2CCCO2)o1. The van der Waals surface area contributed by atoms with Crippen LogP contribution >= 0.6 is 11.6 Å². The van der Waals surface area contributed by atoms with E-state index < -0.39 is 0 Å². The summed E-state index contributed by atoms with van der Waals surface area (Å²) in [5, 5.41) is 4.08. The van der Waals surface area contributed by atoms with E-state index in [1.165, 1.54) is 6.42 Å². The predicted molar refractivity (Wildman–Crippen MR) is 79.8 cm³/mol. The maximum atomic E-state index is 6.17. The van der Waals surface area contributed by atoms with E-state index in [-0.39, 0.29) is 0 Å². The second-order valence-corrected chi connectivity index (χ2v) is 5.42. The zero-order valence-corrected chi connectivity index (χ0v) is 12.0. The third-order valence-electron chi connectivity index (χ3n) is 3.50. The van der Waals surface area contributed by atoms with Crippen LogP contribution in [0.25, 0.3) is 11.3 Å². The summed E-state index contributed by atoms with van der Waals surface area (Å²) in [7, 11) is 0. The van der Waals surface area contributed by atoms with Gasteiger partial charge in [-0.05, 0) is 37.1 Å². The van der Waals surface area contributed by atoms with Gasteiger partial charge in [-0.3, -0.25) is 0 Å². The summed E-state index contributed by atoms with van der Waals surface area (Å²) in [6.45, 7) is 2.48. The summed E-state index contributed by atoms with van der Waals surface area (Å²) in [5.41, 5.74) is 0.930. The molecule has 0 aliphatic carbocycles. The van der Waals surface area contributed by atoms with E-state index in [0.29, 0.717) is 17.7 Å². The maximum absolute atomic E-state index is 6.17. The highest BCUT2D eigenvalue weighted by Crippen LogP contribution is 2.28. The molecule has 0 amide bonds. The number of furan rings is 1. The van der Waals surface area contributed by atoms with Crippen LogP contribution in [0.4, 0.5) is 0 Å². The summed E-state index contributed by atoms with van der Waals surface area (Å²) in [4.78, 5) is 0. The molecule has 1 aromatic heterocycles. The van der Waals surface area contributed by atoms with E-state index in [0.717, 1.165) is 36.7 Å². The fourth-order valence-corrected chi connectivity index (χ4v) is 2.67. The average molecular weight is 292 g/mol. The lowest BCUT2D eigenvalue weighted by Gasteiger charge is -2.09. The Labute approximate surface area is 123 Å². The molecule has 1 fully saturated rings. The molecule has 1 aromatic carbocycles. The molecule has 1 atom stereocenters. The average Bonchev–Trinajstić information content (AvgIpc) is 3.11. The molecule has 4 heteroatoms. The lowest BCUT2D eigenvalue weighted by Crippen LogP contribution is -2.25. The zero-order valence-electron chi connectivity index (χ0n) is 11.3. The summed E-state index contributed by atoms with van der Waals surface area (Å²) in [6, 6.07) is 11.7. The summed E-state index contributed by atoms with van der Waals surface area (Å²) >= 11 is 6.17. The van der Waals surface area contributed by atoms with Crippen molar-refractivity contribution in [3.63, 3.8) is 0 Å². The van der Waals surface area contributed by atoms with Crippen molar-refractivity contribution in [3.8, 4) is 11.3 Å². The molecule has 3 nitrogen and oxygen atoms in total. The Balaban J connectivity index is 1.58. The van der Waals surface area contributed by atoms with Crippen molar-refractivity contribution in [3.05, 3.63) is 47.2 Å². The minimum Gasteiger partial charge on any atom is -0.460 e. The first-order valence-electron chi connectivity index (χ1n) is 6.99. The molecule has 0 saturated carbocycles. The molecule has 1 N–H and O–H groups in total. The Morgan fingerprint density at radius 3 is 2.90 bits per heavy atom. The van der Waals surface area contributed by atoms with Crippen molar-refractivity contribution in [1.29, 1.82) is 0 Å². The van der Waals surface area contributed by atoms with E-state index in [2.05, 4.69) is 5.32 Å². The van der Waals surface area contributed by atoms with Gasteiger partial charge in [0.15, 0.2) is 0 Å². The van der Waals surface area contributed by atoms with Gasteiger partial charge in [-0.15, -0.1) is 0 Å². The maximum Gasteiger partial charge on any atom is 0.135 e. The highest BCUT2D eigenvalue weighted by atomic mass is 35.5. The van der Waals surface area contributed by atoms with Crippen LogP contribution in [0.15, 0.2) is 40.8 Å². The number of halogens is 1. The molecule has 1 aliphatic rings. The number of nitrogens with one attached hydrogen (secondary N) is 1. The largest absolute Gasteiger partial charge is 0.460 e. The van der Waals surface area contributed by atoms with Crippen molar-refractivity contribution in [2.24, 2.45) is 0 Å². The Morgan fingerprint density at radius 2 is 2.10 bits per heavy atom. The lowest BCUT2D eigenvalue weighted by atomic mass is 10.2. The van der Waals surface area contributed by atoms with Crippen molar-refractivity contribution in [2.75, 3.05) is 13.2 Å². The molecule has 20 heavy (non-hydrogen) atoms. The predicted octanol–water partition coefficient (Wildman–Crippen LogP) is 3.87. The molecule has 1 aliphatic heterocycles. The van der Waals surface area contributed by atoms with Gasteiger partial charge in [0, 0.05) is 18.7 Å². The molecule has 0 bridgehead atoms. The highest BCUT2D eigenvalue weighted by molar-refractivity contribution is 6.33. The molecule has 0 unspecified atom stereocenters. The summed E-state index contributed by atoms with van der Waals surface area (Å²) < 4.78 is 11.4. The van der Waals surface area contributed by atoms with Gasteiger partial charge >= 0.3 is 0 Å². The third-order valence-corrected chi connectivity index (χ3v) is 3.83. The van der Waals surface area contributed by atoms with Gasteiger partial charge in [0.05, 0.1) is 17.7 Å². The number of hydrogen-bond donors (Lipinski definition) is 1. The minimum atomic E-state index is 0.355. The highest BCUT2D eigenvalue weighted by Gasteiger charge is 2.15. The van der Waals surface area contributed by atoms with E-state index in [1.54, 1.807) is 0 Å². The van der Waals surface area contributed by atoms with E-state index in [9.17, 15) is 0 Å². The van der Waals surface area contributed by atoms with Crippen LogP contribution in [0.2, 0.25) is 5.02 Å². The molecule has 2 heterocycles. The van der Waals surface area contributed by atoms with Crippen LogP contribution in [-0.4, -0.2) is 19.3 Å². The van der Waals surface area contributed by atoms with Gasteiger partial charge in [0.2, 0.25) is 0 Å². The van der Waals surface area contributed by atoms with Crippen molar-refractivity contribution >= 4 is 11.6 Å². The van der Waals surface area contributed by atoms with Crippen LogP contribution in [-0.2, 0) is 11.3 Å². The van der Waals surface area contributed by atoms with Crippen LogP contribution < -0.4 is 5.32 Å². The topological polar surface area (TPSA) is 34.4 Å². The molecular weight excluding hydrogens is 274 g/mol.